The molecule has 0 aliphatic heterocycles. The normalized spacial score (nSPS) is 10.6. The maximum Gasteiger partial charge on any atom is 0.132 e. The van der Waals surface area contributed by atoms with Crippen LogP contribution in [0.15, 0.2) is 17.8 Å². The fraction of sp³-hybridized carbons (Fsp3) is 0.462. The van der Waals surface area contributed by atoms with Gasteiger partial charge in [0.15, 0.2) is 0 Å². The molecule has 0 atom stereocenters. The zero-order valence-electron chi connectivity index (χ0n) is 10.8. The molecule has 0 saturated carbocycles. The van der Waals surface area contributed by atoms with E-state index in [1.807, 2.05) is 24.7 Å². The third-order valence-electron chi connectivity index (χ3n) is 2.62. The lowest BCUT2D eigenvalue weighted by atomic mass is 10.2. The summed E-state index contributed by atoms with van der Waals surface area (Å²) in [7, 11) is 0. The summed E-state index contributed by atoms with van der Waals surface area (Å²) in [6.45, 7) is 4.95. The number of aryl methyl sites for hydroxylation is 2. The molecule has 0 fully saturated rings. The molecule has 0 radical (unpaired) electrons. The quantitative estimate of drug-likeness (QED) is 0.869. The average Bonchev–Trinajstić information content (AvgIpc) is 2.86. The van der Waals surface area contributed by atoms with E-state index in [1.165, 1.54) is 5.56 Å². The summed E-state index contributed by atoms with van der Waals surface area (Å²) < 4.78 is 0. The largest absolute Gasteiger partial charge is 0.369 e. The van der Waals surface area contributed by atoms with Gasteiger partial charge in [-0.3, -0.25) is 0 Å². The summed E-state index contributed by atoms with van der Waals surface area (Å²) >= 11 is 1.69. The Morgan fingerprint density at radius 3 is 2.89 bits per heavy atom. The van der Waals surface area contributed by atoms with Gasteiger partial charge in [0, 0.05) is 36.3 Å². The molecule has 0 aromatic carbocycles. The second-order valence-corrected chi connectivity index (χ2v) is 5.12. The Morgan fingerprint density at radius 1 is 1.28 bits per heavy atom. The Kier molecular flexibility index (Phi) is 4.64. The topological polar surface area (TPSA) is 50.7 Å². The van der Waals surface area contributed by atoms with Crippen molar-refractivity contribution in [3.05, 3.63) is 34.2 Å². The fourth-order valence-corrected chi connectivity index (χ4v) is 2.39. The van der Waals surface area contributed by atoms with E-state index >= 15 is 0 Å². The van der Waals surface area contributed by atoms with Gasteiger partial charge in [-0.15, -0.1) is 11.3 Å². The highest BCUT2D eigenvalue weighted by Gasteiger charge is 2.04. The molecule has 0 bridgehead atoms. The van der Waals surface area contributed by atoms with E-state index in [2.05, 4.69) is 27.2 Å². The van der Waals surface area contributed by atoms with Gasteiger partial charge in [0.1, 0.15) is 11.6 Å². The second-order valence-electron chi connectivity index (χ2n) is 4.14. The number of hydrogen-bond acceptors (Lipinski definition) is 5. The number of rotatable bonds is 6. The van der Waals surface area contributed by atoms with Crippen LogP contribution in [0.4, 0.5) is 5.82 Å². The first-order chi connectivity index (χ1) is 8.79. The SMILES string of the molecule is CCCc1cnc(C)nc1NCCc1nccs1. The van der Waals surface area contributed by atoms with E-state index in [0.717, 1.165) is 42.5 Å². The molecule has 18 heavy (non-hydrogen) atoms. The first-order valence-corrected chi connectivity index (χ1v) is 7.12. The van der Waals surface area contributed by atoms with Crippen LogP contribution < -0.4 is 5.32 Å². The Bertz CT molecular complexity index is 482. The van der Waals surface area contributed by atoms with Crippen LogP contribution in [0.2, 0.25) is 0 Å². The van der Waals surface area contributed by atoms with E-state index in [9.17, 15) is 0 Å². The number of thiazole rings is 1. The maximum absolute atomic E-state index is 4.47. The van der Waals surface area contributed by atoms with Gasteiger partial charge in [0.05, 0.1) is 5.01 Å². The highest BCUT2D eigenvalue weighted by molar-refractivity contribution is 7.09. The van der Waals surface area contributed by atoms with Gasteiger partial charge in [-0.05, 0) is 13.3 Å². The van der Waals surface area contributed by atoms with Crippen molar-refractivity contribution in [2.24, 2.45) is 0 Å². The summed E-state index contributed by atoms with van der Waals surface area (Å²) in [5.74, 6) is 1.78. The van der Waals surface area contributed by atoms with Gasteiger partial charge in [-0.2, -0.15) is 0 Å². The van der Waals surface area contributed by atoms with Crippen LogP contribution in [0.3, 0.4) is 0 Å². The van der Waals surface area contributed by atoms with Gasteiger partial charge >= 0.3 is 0 Å². The maximum atomic E-state index is 4.47. The van der Waals surface area contributed by atoms with Crippen LogP contribution in [-0.4, -0.2) is 21.5 Å². The van der Waals surface area contributed by atoms with E-state index in [-0.39, 0.29) is 0 Å². The number of nitrogens with zero attached hydrogens (tertiary/aromatic N) is 3. The Hall–Kier alpha value is -1.49. The number of anilines is 1. The molecule has 0 saturated heterocycles. The Labute approximate surface area is 112 Å². The molecule has 1 N–H and O–H groups in total. The molecule has 4 nitrogen and oxygen atoms in total. The van der Waals surface area contributed by atoms with E-state index in [4.69, 9.17) is 0 Å². The molecule has 0 spiro atoms. The molecule has 0 amide bonds. The zero-order chi connectivity index (χ0) is 12.8. The van der Waals surface area contributed by atoms with Gasteiger partial charge in [0.2, 0.25) is 0 Å². The zero-order valence-corrected chi connectivity index (χ0v) is 11.6. The monoisotopic (exact) mass is 262 g/mol. The minimum absolute atomic E-state index is 0.812. The van der Waals surface area contributed by atoms with Crippen LogP contribution in [-0.2, 0) is 12.8 Å². The van der Waals surface area contributed by atoms with Gasteiger partial charge < -0.3 is 5.32 Å². The first-order valence-electron chi connectivity index (χ1n) is 6.24. The average molecular weight is 262 g/mol. The molecule has 0 aliphatic carbocycles. The minimum Gasteiger partial charge on any atom is -0.369 e. The van der Waals surface area contributed by atoms with Crippen molar-refractivity contribution >= 4 is 17.2 Å². The van der Waals surface area contributed by atoms with Crippen molar-refractivity contribution in [1.82, 2.24) is 15.0 Å². The van der Waals surface area contributed by atoms with Crippen molar-refractivity contribution in [2.45, 2.75) is 33.1 Å². The summed E-state index contributed by atoms with van der Waals surface area (Å²) in [5, 5.41) is 6.56. The predicted molar refractivity (Wildman–Crippen MR) is 75.1 cm³/mol. The van der Waals surface area contributed by atoms with Crippen molar-refractivity contribution in [3.63, 3.8) is 0 Å². The summed E-state index contributed by atoms with van der Waals surface area (Å²) in [6, 6.07) is 0. The molecular weight excluding hydrogens is 244 g/mol. The van der Waals surface area contributed by atoms with E-state index in [1.54, 1.807) is 11.3 Å². The predicted octanol–water partition coefficient (Wildman–Crippen LogP) is 2.85. The smallest absolute Gasteiger partial charge is 0.132 e. The van der Waals surface area contributed by atoms with Crippen molar-refractivity contribution in [3.8, 4) is 0 Å². The van der Waals surface area contributed by atoms with E-state index in [0.29, 0.717) is 0 Å². The van der Waals surface area contributed by atoms with Gasteiger partial charge in [-0.1, -0.05) is 13.3 Å². The molecule has 96 valence electrons. The number of hydrogen-bond donors (Lipinski definition) is 1. The third-order valence-corrected chi connectivity index (χ3v) is 3.46. The third kappa shape index (κ3) is 3.50. The lowest BCUT2D eigenvalue weighted by Crippen LogP contribution is -2.10. The Balaban J connectivity index is 1.96. The van der Waals surface area contributed by atoms with Crippen LogP contribution in [0.5, 0.6) is 0 Å². The molecule has 0 aliphatic rings. The lowest BCUT2D eigenvalue weighted by Gasteiger charge is -2.10. The van der Waals surface area contributed by atoms with Crippen molar-refractivity contribution in [2.75, 3.05) is 11.9 Å². The van der Waals surface area contributed by atoms with E-state index < -0.39 is 0 Å². The highest BCUT2D eigenvalue weighted by Crippen LogP contribution is 2.14. The minimum atomic E-state index is 0.812. The second kappa shape index (κ2) is 6.44. The molecule has 5 heteroatoms. The standard InChI is InChI=1S/C13H18N4S/c1-3-4-11-9-16-10(2)17-13(11)15-6-5-12-14-7-8-18-12/h7-9H,3-6H2,1-2H3,(H,15,16,17). The summed E-state index contributed by atoms with van der Waals surface area (Å²) in [4.78, 5) is 13.0. The lowest BCUT2D eigenvalue weighted by molar-refractivity contribution is 0.881. The van der Waals surface area contributed by atoms with Gasteiger partial charge in [0.25, 0.3) is 0 Å². The van der Waals surface area contributed by atoms with Crippen molar-refractivity contribution < 1.29 is 0 Å². The summed E-state index contributed by atoms with van der Waals surface area (Å²) in [6.07, 6.45) is 6.83. The van der Waals surface area contributed by atoms with Crippen molar-refractivity contribution in [1.29, 1.82) is 0 Å². The van der Waals surface area contributed by atoms with Crippen LogP contribution >= 0.6 is 11.3 Å². The molecule has 2 heterocycles. The van der Waals surface area contributed by atoms with Gasteiger partial charge in [-0.25, -0.2) is 15.0 Å². The summed E-state index contributed by atoms with van der Waals surface area (Å²) in [5.41, 5.74) is 1.20. The van der Waals surface area contributed by atoms with Crippen LogP contribution in [0.1, 0.15) is 29.7 Å². The van der Waals surface area contributed by atoms with Crippen LogP contribution in [0.25, 0.3) is 0 Å². The number of aromatic nitrogens is 3. The highest BCUT2D eigenvalue weighted by atomic mass is 32.1. The fourth-order valence-electron chi connectivity index (χ4n) is 1.76. The molecule has 0 unspecified atom stereocenters. The molecule has 2 rings (SSSR count). The Morgan fingerprint density at radius 2 is 2.17 bits per heavy atom. The molecule has 2 aromatic heterocycles. The molecule has 2 aromatic rings. The molecular formula is C13H18N4S. The number of nitrogens with one attached hydrogen (secondary N) is 1. The first kappa shape index (κ1) is 13.0. The van der Waals surface area contributed by atoms with Crippen LogP contribution in [0, 0.1) is 6.92 Å².